The molecule has 3 aromatic rings. The Balaban J connectivity index is 1.54. The van der Waals surface area contributed by atoms with Gasteiger partial charge in [0.15, 0.2) is 0 Å². The molecule has 0 aliphatic carbocycles. The molecule has 0 bridgehead atoms. The number of thioether (sulfide) groups is 1. The van der Waals surface area contributed by atoms with Gasteiger partial charge < -0.3 is 4.18 Å². The standard InChI is InChI=1S/C24H19NO5S2/c1-17-8-5-6-10-19(17)16-25-23(26)22(31-24(25)27)15-18-9-7-11-20(14-18)30-32(28,29)21-12-3-2-4-13-21/h2-15H,16H2,1H3/b22-15-. The second-order valence-corrected chi connectivity index (χ2v) is 9.66. The smallest absolute Gasteiger partial charge is 0.339 e. The quantitative estimate of drug-likeness (QED) is 0.376. The predicted octanol–water partition coefficient (Wildman–Crippen LogP) is 5.00. The van der Waals surface area contributed by atoms with Gasteiger partial charge in [0, 0.05) is 0 Å². The monoisotopic (exact) mass is 465 g/mol. The first-order chi connectivity index (χ1) is 15.3. The van der Waals surface area contributed by atoms with Gasteiger partial charge in [-0.2, -0.15) is 8.42 Å². The molecule has 0 aromatic heterocycles. The molecule has 3 aromatic carbocycles. The minimum absolute atomic E-state index is 0.0442. The Hall–Kier alpha value is -3.36. The highest BCUT2D eigenvalue weighted by Gasteiger charge is 2.35. The van der Waals surface area contributed by atoms with Crippen LogP contribution in [0.15, 0.2) is 88.7 Å². The van der Waals surface area contributed by atoms with E-state index >= 15 is 0 Å². The van der Waals surface area contributed by atoms with Crippen LogP contribution in [0.25, 0.3) is 6.08 Å². The first-order valence-corrected chi connectivity index (χ1v) is 12.0. The summed E-state index contributed by atoms with van der Waals surface area (Å²) in [5.74, 6) is -0.270. The van der Waals surface area contributed by atoms with E-state index in [2.05, 4.69) is 0 Å². The van der Waals surface area contributed by atoms with Crippen molar-refractivity contribution in [3.8, 4) is 5.75 Å². The summed E-state index contributed by atoms with van der Waals surface area (Å²) in [6.45, 7) is 2.13. The van der Waals surface area contributed by atoms with E-state index in [9.17, 15) is 18.0 Å². The zero-order valence-corrected chi connectivity index (χ0v) is 18.7. The summed E-state index contributed by atoms with van der Waals surface area (Å²) in [7, 11) is -3.98. The van der Waals surface area contributed by atoms with Crippen molar-refractivity contribution >= 4 is 39.1 Å². The summed E-state index contributed by atoms with van der Waals surface area (Å²) in [4.78, 5) is 26.8. The average molecular weight is 466 g/mol. The van der Waals surface area contributed by atoms with Gasteiger partial charge in [0.2, 0.25) is 0 Å². The van der Waals surface area contributed by atoms with Gasteiger partial charge in [-0.05, 0) is 65.7 Å². The van der Waals surface area contributed by atoms with Crippen LogP contribution in [0.1, 0.15) is 16.7 Å². The molecule has 0 atom stereocenters. The molecule has 32 heavy (non-hydrogen) atoms. The molecule has 1 aliphatic heterocycles. The molecule has 0 spiro atoms. The summed E-state index contributed by atoms with van der Waals surface area (Å²) in [5, 5.41) is -0.344. The van der Waals surface area contributed by atoms with E-state index in [0.29, 0.717) is 5.56 Å². The van der Waals surface area contributed by atoms with Gasteiger partial charge in [0.1, 0.15) is 10.6 Å². The van der Waals surface area contributed by atoms with Gasteiger partial charge >= 0.3 is 10.1 Å². The SMILES string of the molecule is Cc1ccccc1CN1C(=O)S/C(=C\c2cccc(OS(=O)(=O)c3ccccc3)c2)C1=O. The maximum atomic E-state index is 12.8. The lowest BCUT2D eigenvalue weighted by Crippen LogP contribution is -2.27. The fourth-order valence-corrected chi connectivity index (χ4v) is 4.95. The lowest BCUT2D eigenvalue weighted by molar-refractivity contribution is -0.123. The van der Waals surface area contributed by atoms with Gasteiger partial charge in [-0.25, -0.2) is 0 Å². The maximum Gasteiger partial charge on any atom is 0.339 e. The molecule has 8 heteroatoms. The molecule has 6 nitrogen and oxygen atoms in total. The van der Waals surface area contributed by atoms with Gasteiger partial charge in [0.05, 0.1) is 11.4 Å². The fourth-order valence-electron chi connectivity index (χ4n) is 3.16. The van der Waals surface area contributed by atoms with Gasteiger partial charge in [-0.3, -0.25) is 14.5 Å². The Kier molecular flexibility index (Phi) is 6.16. The lowest BCUT2D eigenvalue weighted by Gasteiger charge is -2.14. The number of nitrogens with zero attached hydrogens (tertiary/aromatic N) is 1. The molecular formula is C24H19NO5S2. The number of amides is 2. The summed E-state index contributed by atoms with van der Waals surface area (Å²) >= 11 is 0.857. The molecule has 0 unspecified atom stereocenters. The maximum absolute atomic E-state index is 12.8. The van der Waals surface area contributed by atoms with Crippen molar-refractivity contribution in [2.24, 2.45) is 0 Å². The number of carbonyl (C=O) groups is 2. The highest BCUT2D eigenvalue weighted by Crippen LogP contribution is 2.34. The number of carbonyl (C=O) groups excluding carboxylic acids is 2. The topological polar surface area (TPSA) is 80.8 Å². The zero-order valence-electron chi connectivity index (χ0n) is 17.1. The van der Waals surface area contributed by atoms with Crippen molar-refractivity contribution in [3.05, 3.63) is 100 Å². The van der Waals surface area contributed by atoms with E-state index in [0.717, 1.165) is 22.9 Å². The first kappa shape index (κ1) is 21.9. The van der Waals surface area contributed by atoms with E-state index in [4.69, 9.17) is 4.18 Å². The minimum atomic E-state index is -3.98. The highest BCUT2D eigenvalue weighted by molar-refractivity contribution is 8.18. The predicted molar refractivity (Wildman–Crippen MR) is 123 cm³/mol. The average Bonchev–Trinajstić information content (AvgIpc) is 3.03. The molecule has 1 heterocycles. The van der Waals surface area contributed by atoms with E-state index in [1.807, 2.05) is 31.2 Å². The van der Waals surface area contributed by atoms with Crippen LogP contribution in [0.3, 0.4) is 0 Å². The summed E-state index contributed by atoms with van der Waals surface area (Å²) in [6.07, 6.45) is 1.56. The Morgan fingerprint density at radius 1 is 0.938 bits per heavy atom. The number of aryl methyl sites for hydroxylation is 1. The molecule has 0 radical (unpaired) electrons. The third kappa shape index (κ3) is 4.76. The van der Waals surface area contributed by atoms with Crippen LogP contribution in [0.5, 0.6) is 5.75 Å². The lowest BCUT2D eigenvalue weighted by atomic mass is 10.1. The zero-order chi connectivity index (χ0) is 22.7. The molecule has 0 saturated carbocycles. The second-order valence-electron chi connectivity index (χ2n) is 7.12. The fraction of sp³-hybridized carbons (Fsp3) is 0.0833. The van der Waals surface area contributed by atoms with Gasteiger partial charge in [0.25, 0.3) is 11.1 Å². The van der Waals surface area contributed by atoms with Crippen LogP contribution in [0, 0.1) is 6.92 Å². The number of imide groups is 1. The summed E-state index contributed by atoms with van der Waals surface area (Å²) in [6, 6.07) is 21.8. The molecule has 1 aliphatic rings. The molecule has 0 N–H and O–H groups in total. The van der Waals surface area contributed by atoms with Crippen LogP contribution in [0.2, 0.25) is 0 Å². The van der Waals surface area contributed by atoms with Crippen molar-refractivity contribution in [1.29, 1.82) is 0 Å². The molecular weight excluding hydrogens is 446 g/mol. The number of hydrogen-bond donors (Lipinski definition) is 0. The Bertz CT molecular complexity index is 1320. The summed E-state index contributed by atoms with van der Waals surface area (Å²) < 4.78 is 30.1. The van der Waals surface area contributed by atoms with Crippen molar-refractivity contribution in [2.75, 3.05) is 0 Å². The van der Waals surface area contributed by atoms with E-state index in [1.54, 1.807) is 36.4 Å². The van der Waals surface area contributed by atoms with Crippen molar-refractivity contribution in [2.45, 2.75) is 18.4 Å². The van der Waals surface area contributed by atoms with Crippen molar-refractivity contribution in [3.63, 3.8) is 0 Å². The third-order valence-corrected chi connectivity index (χ3v) is 7.03. The van der Waals surface area contributed by atoms with Crippen LogP contribution >= 0.6 is 11.8 Å². The number of benzene rings is 3. The Morgan fingerprint density at radius 3 is 2.41 bits per heavy atom. The second kappa shape index (κ2) is 9.02. The highest BCUT2D eigenvalue weighted by atomic mass is 32.2. The van der Waals surface area contributed by atoms with Crippen molar-refractivity contribution in [1.82, 2.24) is 4.90 Å². The Morgan fingerprint density at radius 2 is 1.66 bits per heavy atom. The van der Waals surface area contributed by atoms with E-state index < -0.39 is 10.1 Å². The van der Waals surface area contributed by atoms with Gasteiger partial charge in [-0.15, -0.1) is 0 Å². The van der Waals surface area contributed by atoms with Crippen LogP contribution in [-0.2, 0) is 21.5 Å². The number of rotatable bonds is 6. The molecule has 1 fully saturated rings. The molecule has 4 rings (SSSR count). The first-order valence-electron chi connectivity index (χ1n) is 9.73. The van der Waals surface area contributed by atoms with E-state index in [-0.39, 0.29) is 33.2 Å². The number of hydrogen-bond acceptors (Lipinski definition) is 6. The van der Waals surface area contributed by atoms with Crippen LogP contribution in [0.4, 0.5) is 4.79 Å². The molecule has 162 valence electrons. The Labute approximate surface area is 190 Å². The third-order valence-electron chi connectivity index (χ3n) is 4.86. The molecule has 1 saturated heterocycles. The van der Waals surface area contributed by atoms with Crippen LogP contribution in [-0.4, -0.2) is 24.5 Å². The largest absolute Gasteiger partial charge is 0.379 e. The summed E-state index contributed by atoms with van der Waals surface area (Å²) in [5.41, 5.74) is 2.45. The normalized spacial score (nSPS) is 15.4. The van der Waals surface area contributed by atoms with Crippen LogP contribution < -0.4 is 4.18 Å². The molecule has 2 amide bonds. The van der Waals surface area contributed by atoms with Gasteiger partial charge in [-0.1, -0.05) is 54.6 Å². The van der Waals surface area contributed by atoms with E-state index in [1.165, 1.54) is 29.2 Å². The van der Waals surface area contributed by atoms with Crippen molar-refractivity contribution < 1.29 is 22.2 Å². The minimum Gasteiger partial charge on any atom is -0.379 e.